The van der Waals surface area contributed by atoms with Gasteiger partial charge in [0.15, 0.2) is 5.82 Å². The molecule has 0 atom stereocenters. The van der Waals surface area contributed by atoms with Crippen LogP contribution in [0.1, 0.15) is 0 Å². The van der Waals surface area contributed by atoms with E-state index in [0.29, 0.717) is 5.82 Å². The SMILES string of the molecule is c1ccc(-c2cc(-c3ccc(-c4ccc5cc(-c6ccc7ccc(-c8ccc9ccc%10ccccc%10c9n8)nc7c6)ccc5n4)cc3)nc(-c3ccccc3)n2)cc1. The highest BCUT2D eigenvalue weighted by Gasteiger charge is 2.13. The average Bonchev–Trinajstić information content (AvgIpc) is 3.31. The van der Waals surface area contributed by atoms with Crippen molar-refractivity contribution >= 4 is 43.5 Å². The summed E-state index contributed by atoms with van der Waals surface area (Å²) in [6, 6.07) is 69.2. The Kier molecular flexibility index (Phi) is 8.07. The maximum Gasteiger partial charge on any atom is 0.160 e. The molecule has 0 fully saturated rings. The van der Waals surface area contributed by atoms with E-state index in [2.05, 4.69) is 152 Å². The molecular weight excluding hydrogens is 707 g/mol. The molecule has 58 heavy (non-hydrogen) atoms. The van der Waals surface area contributed by atoms with Crippen LogP contribution in [0.4, 0.5) is 0 Å². The summed E-state index contributed by atoms with van der Waals surface area (Å²) in [6.45, 7) is 0. The number of fused-ring (bicyclic) bond motifs is 5. The maximum absolute atomic E-state index is 5.11. The molecule has 0 saturated heterocycles. The Labute approximate surface area is 335 Å². The first-order valence-electron chi connectivity index (χ1n) is 19.4. The molecule has 0 N–H and O–H groups in total. The highest BCUT2D eigenvalue weighted by atomic mass is 14.9. The lowest BCUT2D eigenvalue weighted by Crippen LogP contribution is -1.96. The largest absolute Gasteiger partial charge is 0.248 e. The van der Waals surface area contributed by atoms with Gasteiger partial charge in [0, 0.05) is 43.8 Å². The Bertz CT molecular complexity index is 3270. The van der Waals surface area contributed by atoms with Crippen molar-refractivity contribution < 1.29 is 0 Å². The van der Waals surface area contributed by atoms with Crippen LogP contribution in [-0.2, 0) is 0 Å². The Morgan fingerprint density at radius 2 is 0.759 bits per heavy atom. The molecule has 4 heterocycles. The van der Waals surface area contributed by atoms with Crippen LogP contribution in [0.15, 0.2) is 200 Å². The van der Waals surface area contributed by atoms with Gasteiger partial charge in [-0.15, -0.1) is 0 Å². The smallest absolute Gasteiger partial charge is 0.160 e. The van der Waals surface area contributed by atoms with Crippen molar-refractivity contribution in [2.24, 2.45) is 0 Å². The first-order valence-corrected chi connectivity index (χ1v) is 19.4. The van der Waals surface area contributed by atoms with Crippen LogP contribution in [-0.4, -0.2) is 24.9 Å². The van der Waals surface area contributed by atoms with Gasteiger partial charge >= 0.3 is 0 Å². The molecule has 270 valence electrons. The summed E-state index contributed by atoms with van der Waals surface area (Å²) in [4.78, 5) is 25.2. The van der Waals surface area contributed by atoms with E-state index in [4.69, 9.17) is 24.9 Å². The van der Waals surface area contributed by atoms with Gasteiger partial charge < -0.3 is 0 Å². The number of nitrogens with zero attached hydrogens (tertiary/aromatic N) is 5. The first-order chi connectivity index (χ1) is 28.7. The third kappa shape index (κ3) is 6.21. The fourth-order valence-electron chi connectivity index (χ4n) is 7.79. The van der Waals surface area contributed by atoms with E-state index in [9.17, 15) is 0 Å². The molecule has 0 aliphatic carbocycles. The van der Waals surface area contributed by atoms with E-state index in [1.54, 1.807) is 0 Å². The number of aromatic nitrogens is 5. The molecule has 5 nitrogen and oxygen atoms in total. The zero-order valence-electron chi connectivity index (χ0n) is 31.3. The van der Waals surface area contributed by atoms with Crippen LogP contribution in [0, 0.1) is 0 Å². The second-order valence-electron chi connectivity index (χ2n) is 14.5. The number of hydrogen-bond acceptors (Lipinski definition) is 5. The number of benzene rings is 7. The van der Waals surface area contributed by atoms with E-state index in [1.807, 2.05) is 48.5 Å². The molecular formula is C53H33N5. The first kappa shape index (κ1) is 33.4. The van der Waals surface area contributed by atoms with E-state index < -0.39 is 0 Å². The van der Waals surface area contributed by atoms with Gasteiger partial charge in [-0.05, 0) is 59.0 Å². The molecule has 0 radical (unpaired) electrons. The van der Waals surface area contributed by atoms with E-state index in [-0.39, 0.29) is 0 Å². The lowest BCUT2D eigenvalue weighted by Gasteiger charge is -2.10. The lowest BCUT2D eigenvalue weighted by molar-refractivity contribution is 1.18. The van der Waals surface area contributed by atoms with Crippen molar-refractivity contribution in [1.29, 1.82) is 0 Å². The Morgan fingerprint density at radius 3 is 1.55 bits per heavy atom. The minimum Gasteiger partial charge on any atom is -0.248 e. The summed E-state index contributed by atoms with van der Waals surface area (Å²) in [5.74, 6) is 0.702. The Hall–Kier alpha value is -7.89. The highest BCUT2D eigenvalue weighted by Crippen LogP contribution is 2.33. The van der Waals surface area contributed by atoms with Gasteiger partial charge in [0.05, 0.1) is 45.0 Å². The third-order valence-corrected chi connectivity index (χ3v) is 10.9. The molecule has 0 aliphatic heterocycles. The van der Waals surface area contributed by atoms with Gasteiger partial charge in [0.25, 0.3) is 0 Å². The average molecular weight is 740 g/mol. The minimum absolute atomic E-state index is 0.702. The molecule has 0 saturated carbocycles. The molecule has 11 rings (SSSR count). The van der Waals surface area contributed by atoms with Gasteiger partial charge in [-0.25, -0.2) is 24.9 Å². The second kappa shape index (κ2) is 14.0. The fraction of sp³-hybridized carbons (Fsp3) is 0. The summed E-state index contributed by atoms with van der Waals surface area (Å²) in [7, 11) is 0. The zero-order chi connectivity index (χ0) is 38.4. The van der Waals surface area contributed by atoms with Crippen molar-refractivity contribution in [1.82, 2.24) is 24.9 Å². The van der Waals surface area contributed by atoms with Gasteiger partial charge in [-0.1, -0.05) is 158 Å². The van der Waals surface area contributed by atoms with E-state index >= 15 is 0 Å². The van der Waals surface area contributed by atoms with Crippen LogP contribution >= 0.6 is 0 Å². The molecule has 0 spiro atoms. The van der Waals surface area contributed by atoms with Crippen LogP contribution in [0.25, 0.3) is 111 Å². The highest BCUT2D eigenvalue weighted by molar-refractivity contribution is 6.05. The second-order valence-corrected chi connectivity index (χ2v) is 14.5. The molecule has 11 aromatic rings. The fourth-order valence-corrected chi connectivity index (χ4v) is 7.79. The quantitative estimate of drug-likeness (QED) is 0.159. The number of hydrogen-bond donors (Lipinski definition) is 0. The van der Waals surface area contributed by atoms with Crippen molar-refractivity contribution in [2.45, 2.75) is 0 Å². The topological polar surface area (TPSA) is 64.5 Å². The van der Waals surface area contributed by atoms with E-state index in [0.717, 1.165) is 99.9 Å². The monoisotopic (exact) mass is 739 g/mol. The number of rotatable bonds is 6. The van der Waals surface area contributed by atoms with Gasteiger partial charge in [-0.2, -0.15) is 0 Å². The van der Waals surface area contributed by atoms with Crippen LogP contribution < -0.4 is 0 Å². The molecule has 4 aromatic heterocycles. The summed E-state index contributed by atoms with van der Waals surface area (Å²) in [5.41, 5.74) is 13.6. The number of pyridine rings is 3. The van der Waals surface area contributed by atoms with Gasteiger partial charge in [0.1, 0.15) is 0 Å². The third-order valence-electron chi connectivity index (χ3n) is 10.9. The Balaban J connectivity index is 0.882. The molecule has 5 heteroatoms. The summed E-state index contributed by atoms with van der Waals surface area (Å²) >= 11 is 0. The predicted octanol–water partition coefficient (Wildman–Crippen LogP) is 13.3. The molecule has 0 bridgehead atoms. The normalized spacial score (nSPS) is 11.4. The van der Waals surface area contributed by atoms with Crippen LogP contribution in [0.3, 0.4) is 0 Å². The molecule has 0 unspecified atom stereocenters. The Morgan fingerprint density at radius 1 is 0.241 bits per heavy atom. The summed E-state index contributed by atoms with van der Waals surface area (Å²) < 4.78 is 0. The van der Waals surface area contributed by atoms with Gasteiger partial charge in [0.2, 0.25) is 0 Å². The van der Waals surface area contributed by atoms with Crippen LogP contribution in [0.5, 0.6) is 0 Å². The van der Waals surface area contributed by atoms with Gasteiger partial charge in [-0.3, -0.25) is 0 Å². The minimum atomic E-state index is 0.702. The van der Waals surface area contributed by atoms with Crippen molar-refractivity contribution in [3.05, 3.63) is 200 Å². The molecule has 7 aromatic carbocycles. The van der Waals surface area contributed by atoms with Crippen molar-refractivity contribution in [3.63, 3.8) is 0 Å². The zero-order valence-corrected chi connectivity index (χ0v) is 31.3. The predicted molar refractivity (Wildman–Crippen MR) is 238 cm³/mol. The van der Waals surface area contributed by atoms with Crippen molar-refractivity contribution in [3.8, 4) is 67.7 Å². The summed E-state index contributed by atoms with van der Waals surface area (Å²) in [6.07, 6.45) is 0. The van der Waals surface area contributed by atoms with E-state index in [1.165, 1.54) is 5.39 Å². The standard InChI is InChI=1S/C53H33N5/c1-3-10-35(11-4-1)50-33-51(58-53(57-50)40-12-5-2-6-13-40)37-18-16-36(17-19-37)45-28-26-43-31-41(25-27-46(43)54-45)42-22-20-38-23-29-47(55-49(38)32-42)48-30-24-39-21-15-34-9-7-8-14-44(34)52(39)56-48/h1-33H. The summed E-state index contributed by atoms with van der Waals surface area (Å²) in [5, 5.41) is 5.62. The van der Waals surface area contributed by atoms with Crippen LogP contribution in [0.2, 0.25) is 0 Å². The lowest BCUT2D eigenvalue weighted by atomic mass is 10.0. The maximum atomic E-state index is 5.11. The molecule has 0 amide bonds. The van der Waals surface area contributed by atoms with Crippen molar-refractivity contribution in [2.75, 3.05) is 0 Å². The molecule has 0 aliphatic rings.